The lowest BCUT2D eigenvalue weighted by Gasteiger charge is -2.21. The van der Waals surface area contributed by atoms with Gasteiger partial charge in [0.05, 0.1) is 16.4 Å². The molecule has 3 nitrogen and oxygen atoms in total. The van der Waals surface area contributed by atoms with Gasteiger partial charge in [0.2, 0.25) is 0 Å². The van der Waals surface area contributed by atoms with Crippen LogP contribution in [0.3, 0.4) is 0 Å². The molecule has 28 heavy (non-hydrogen) atoms. The monoisotopic (exact) mass is 400 g/mol. The van der Waals surface area contributed by atoms with E-state index in [1.165, 1.54) is 12.8 Å². The van der Waals surface area contributed by atoms with E-state index in [-0.39, 0.29) is 5.97 Å². The summed E-state index contributed by atoms with van der Waals surface area (Å²) >= 11 is 0. The molecule has 2 aromatic carbocycles. The van der Waals surface area contributed by atoms with Crippen molar-refractivity contribution >= 4 is 16.8 Å². The Kier molecular flexibility index (Phi) is 7.99. The van der Waals surface area contributed by atoms with E-state index in [4.69, 9.17) is 4.74 Å². The maximum atomic E-state index is 13.0. The SMILES string of the molecule is CCCCCCc1ccc(S(=O)c2ccc(C)cc2)cc1C(=O)OC(C)(C)C. The molecule has 0 saturated carbocycles. The summed E-state index contributed by atoms with van der Waals surface area (Å²) in [5.41, 5.74) is 2.06. The standard InChI is InChI=1S/C24H32O3S/c1-6-7-8-9-10-19-13-16-21(17-22(19)23(25)27-24(3,4)5)28(26)20-14-11-18(2)12-15-20/h11-17H,6-10H2,1-5H3. The minimum Gasteiger partial charge on any atom is -0.456 e. The lowest BCUT2D eigenvalue weighted by atomic mass is 10.0. The number of unbranched alkanes of at least 4 members (excludes halogenated alkanes) is 3. The molecule has 0 aliphatic heterocycles. The average molecular weight is 401 g/mol. The highest BCUT2D eigenvalue weighted by atomic mass is 32.2. The van der Waals surface area contributed by atoms with Crippen LogP contribution < -0.4 is 0 Å². The molecule has 0 bridgehead atoms. The first-order valence-electron chi connectivity index (χ1n) is 10.1. The van der Waals surface area contributed by atoms with Crippen molar-refractivity contribution in [2.75, 3.05) is 0 Å². The molecule has 0 heterocycles. The molecule has 152 valence electrons. The van der Waals surface area contributed by atoms with Gasteiger partial charge in [0, 0.05) is 9.79 Å². The predicted octanol–water partition coefficient (Wildman–Crippen LogP) is 6.24. The van der Waals surface area contributed by atoms with Crippen LogP contribution >= 0.6 is 0 Å². The van der Waals surface area contributed by atoms with Gasteiger partial charge in [0.15, 0.2) is 0 Å². The van der Waals surface area contributed by atoms with Gasteiger partial charge in [0.1, 0.15) is 5.60 Å². The second kappa shape index (κ2) is 10.0. The summed E-state index contributed by atoms with van der Waals surface area (Å²) in [6, 6.07) is 13.2. The molecule has 0 radical (unpaired) electrons. The second-order valence-electron chi connectivity index (χ2n) is 8.21. The topological polar surface area (TPSA) is 43.4 Å². The van der Waals surface area contributed by atoms with Crippen LogP contribution in [0.15, 0.2) is 52.3 Å². The third kappa shape index (κ3) is 6.59. The van der Waals surface area contributed by atoms with Crippen LogP contribution in [0.25, 0.3) is 0 Å². The highest BCUT2D eigenvalue weighted by Crippen LogP contribution is 2.24. The zero-order chi connectivity index (χ0) is 20.7. The quantitative estimate of drug-likeness (QED) is 0.389. The maximum absolute atomic E-state index is 13.0. The Balaban J connectivity index is 2.32. The number of rotatable bonds is 8. The van der Waals surface area contributed by atoms with Gasteiger partial charge in [-0.25, -0.2) is 9.00 Å². The lowest BCUT2D eigenvalue weighted by Crippen LogP contribution is -2.24. The average Bonchev–Trinajstić information content (AvgIpc) is 2.64. The molecule has 0 aliphatic rings. The van der Waals surface area contributed by atoms with E-state index in [2.05, 4.69) is 6.92 Å². The first-order chi connectivity index (χ1) is 13.2. The molecule has 0 aromatic heterocycles. The summed E-state index contributed by atoms with van der Waals surface area (Å²) in [4.78, 5) is 14.2. The number of benzene rings is 2. The highest BCUT2D eigenvalue weighted by Gasteiger charge is 2.22. The molecule has 2 rings (SSSR count). The van der Waals surface area contributed by atoms with Gasteiger partial charge in [-0.3, -0.25) is 0 Å². The normalized spacial score (nSPS) is 12.6. The van der Waals surface area contributed by atoms with Crippen molar-refractivity contribution < 1.29 is 13.7 Å². The largest absolute Gasteiger partial charge is 0.456 e. The molecule has 4 heteroatoms. The van der Waals surface area contributed by atoms with Gasteiger partial charge in [-0.15, -0.1) is 0 Å². The van der Waals surface area contributed by atoms with E-state index in [9.17, 15) is 9.00 Å². The van der Waals surface area contributed by atoms with E-state index in [0.717, 1.165) is 35.3 Å². The summed E-state index contributed by atoms with van der Waals surface area (Å²) in [6.45, 7) is 9.77. The predicted molar refractivity (Wildman–Crippen MR) is 115 cm³/mol. The van der Waals surface area contributed by atoms with Crippen molar-refractivity contribution in [1.29, 1.82) is 0 Å². The summed E-state index contributed by atoms with van der Waals surface area (Å²) in [5.74, 6) is -0.347. The van der Waals surface area contributed by atoms with Gasteiger partial charge in [-0.2, -0.15) is 0 Å². The van der Waals surface area contributed by atoms with Crippen molar-refractivity contribution in [2.24, 2.45) is 0 Å². The minimum absolute atomic E-state index is 0.347. The third-order valence-corrected chi connectivity index (χ3v) is 5.83. The van der Waals surface area contributed by atoms with E-state index in [0.29, 0.717) is 10.5 Å². The molecule has 0 fully saturated rings. The maximum Gasteiger partial charge on any atom is 0.338 e. The highest BCUT2D eigenvalue weighted by molar-refractivity contribution is 7.85. The number of aryl methyl sites for hydroxylation is 2. The number of hydrogen-bond donors (Lipinski definition) is 0. The Labute approximate surface area is 172 Å². The molecule has 2 aromatic rings. The molecule has 0 spiro atoms. The van der Waals surface area contributed by atoms with Crippen LogP contribution in [0.4, 0.5) is 0 Å². The number of carbonyl (C=O) groups is 1. The summed E-state index contributed by atoms with van der Waals surface area (Å²) in [7, 11) is -1.33. The van der Waals surface area contributed by atoms with Crippen molar-refractivity contribution in [1.82, 2.24) is 0 Å². The summed E-state index contributed by atoms with van der Waals surface area (Å²) < 4.78 is 18.6. The first-order valence-corrected chi connectivity index (χ1v) is 11.2. The van der Waals surface area contributed by atoms with Crippen molar-refractivity contribution in [2.45, 2.75) is 82.1 Å². The number of esters is 1. The van der Waals surface area contributed by atoms with Gasteiger partial charge >= 0.3 is 5.97 Å². The fourth-order valence-electron chi connectivity index (χ4n) is 2.95. The summed E-state index contributed by atoms with van der Waals surface area (Å²) in [6.07, 6.45) is 5.36. The Morgan fingerprint density at radius 1 is 0.964 bits per heavy atom. The van der Waals surface area contributed by atoms with Gasteiger partial charge in [0.25, 0.3) is 0 Å². The Hall–Kier alpha value is -1.94. The second-order valence-corrected chi connectivity index (χ2v) is 9.69. The molecule has 1 atom stereocenters. The number of hydrogen-bond acceptors (Lipinski definition) is 3. The van der Waals surface area contributed by atoms with E-state index >= 15 is 0 Å². The fourth-order valence-corrected chi connectivity index (χ4v) is 4.02. The van der Waals surface area contributed by atoms with Gasteiger partial charge in [-0.1, -0.05) is 49.9 Å². The van der Waals surface area contributed by atoms with Crippen LogP contribution in [0.5, 0.6) is 0 Å². The van der Waals surface area contributed by atoms with E-state index in [1.54, 1.807) is 6.07 Å². The molecular weight excluding hydrogens is 368 g/mol. The van der Waals surface area contributed by atoms with Gasteiger partial charge < -0.3 is 4.74 Å². The first kappa shape index (κ1) is 22.4. The summed E-state index contributed by atoms with van der Waals surface area (Å²) in [5, 5.41) is 0. The molecule has 0 aliphatic carbocycles. The minimum atomic E-state index is -1.33. The number of ether oxygens (including phenoxy) is 1. The zero-order valence-electron chi connectivity index (χ0n) is 17.7. The molecular formula is C24H32O3S. The molecule has 0 amide bonds. The fraction of sp³-hybridized carbons (Fsp3) is 0.458. The van der Waals surface area contributed by atoms with Crippen LogP contribution in [-0.4, -0.2) is 15.8 Å². The third-order valence-electron chi connectivity index (χ3n) is 4.45. The van der Waals surface area contributed by atoms with E-state index in [1.807, 2.05) is 64.1 Å². The Bertz CT molecular complexity index is 817. The van der Waals surface area contributed by atoms with Crippen molar-refractivity contribution in [3.05, 3.63) is 59.2 Å². The van der Waals surface area contributed by atoms with Crippen LogP contribution in [0, 0.1) is 6.92 Å². The Morgan fingerprint density at radius 2 is 1.61 bits per heavy atom. The molecule has 1 unspecified atom stereocenters. The van der Waals surface area contributed by atoms with Gasteiger partial charge in [-0.05, 0) is 70.4 Å². The molecule has 0 N–H and O–H groups in total. The molecule has 0 saturated heterocycles. The lowest BCUT2D eigenvalue weighted by molar-refractivity contribution is 0.00680. The van der Waals surface area contributed by atoms with Crippen LogP contribution in [-0.2, 0) is 22.0 Å². The van der Waals surface area contributed by atoms with Crippen molar-refractivity contribution in [3.8, 4) is 0 Å². The number of carbonyl (C=O) groups excluding carboxylic acids is 1. The Morgan fingerprint density at radius 3 is 2.21 bits per heavy atom. The van der Waals surface area contributed by atoms with Crippen LogP contribution in [0.1, 0.15) is 74.9 Å². The van der Waals surface area contributed by atoms with Crippen LogP contribution in [0.2, 0.25) is 0 Å². The smallest absolute Gasteiger partial charge is 0.338 e. The van der Waals surface area contributed by atoms with Crippen molar-refractivity contribution in [3.63, 3.8) is 0 Å². The van der Waals surface area contributed by atoms with E-state index < -0.39 is 16.4 Å². The zero-order valence-corrected chi connectivity index (χ0v) is 18.5.